The van der Waals surface area contributed by atoms with E-state index in [9.17, 15) is 4.79 Å². The molecule has 0 atom stereocenters. The Hall–Kier alpha value is -1.43. The van der Waals surface area contributed by atoms with Gasteiger partial charge in [0.15, 0.2) is 0 Å². The van der Waals surface area contributed by atoms with Crippen LogP contribution >= 0.6 is 0 Å². The Morgan fingerprint density at radius 2 is 2.36 bits per heavy atom. The molecule has 2 rings (SSSR count). The van der Waals surface area contributed by atoms with Crippen LogP contribution in [0.15, 0.2) is 0 Å². The van der Waals surface area contributed by atoms with Gasteiger partial charge >= 0.3 is 0 Å². The Morgan fingerprint density at radius 3 is 3.07 bits per heavy atom. The minimum Gasteiger partial charge on any atom is -0.332 e. The van der Waals surface area contributed by atoms with Crippen molar-refractivity contribution in [2.45, 2.75) is 20.0 Å². The summed E-state index contributed by atoms with van der Waals surface area (Å²) in [5.74, 6) is 1.56. The second-order valence-electron chi connectivity index (χ2n) is 3.32. The quantitative estimate of drug-likeness (QED) is 0.616. The SMILES string of the molecule is Cc1nc2n(n1)CCN(C(=O)CN)C2. The lowest BCUT2D eigenvalue weighted by Gasteiger charge is -2.26. The number of amides is 1. The van der Waals surface area contributed by atoms with Crippen molar-refractivity contribution in [3.8, 4) is 0 Å². The van der Waals surface area contributed by atoms with Crippen molar-refractivity contribution in [1.82, 2.24) is 19.7 Å². The summed E-state index contributed by atoms with van der Waals surface area (Å²) < 4.78 is 1.84. The van der Waals surface area contributed by atoms with Gasteiger partial charge in [0.25, 0.3) is 0 Å². The summed E-state index contributed by atoms with van der Waals surface area (Å²) in [6.07, 6.45) is 0. The molecule has 0 saturated heterocycles. The molecule has 1 aromatic heterocycles. The molecule has 0 aromatic carbocycles. The van der Waals surface area contributed by atoms with Crippen LogP contribution in [-0.2, 0) is 17.9 Å². The highest BCUT2D eigenvalue weighted by molar-refractivity contribution is 5.78. The van der Waals surface area contributed by atoms with E-state index in [0.717, 1.165) is 11.6 Å². The van der Waals surface area contributed by atoms with Crippen LogP contribution < -0.4 is 5.73 Å². The monoisotopic (exact) mass is 195 g/mol. The highest BCUT2D eigenvalue weighted by Gasteiger charge is 2.21. The highest BCUT2D eigenvalue weighted by atomic mass is 16.2. The molecule has 14 heavy (non-hydrogen) atoms. The van der Waals surface area contributed by atoms with Crippen LogP contribution in [0.3, 0.4) is 0 Å². The predicted molar refractivity (Wildman–Crippen MR) is 49.2 cm³/mol. The molecule has 1 aromatic rings. The van der Waals surface area contributed by atoms with Gasteiger partial charge in [0, 0.05) is 6.54 Å². The molecule has 1 amide bonds. The minimum absolute atomic E-state index is 0.0306. The second kappa shape index (κ2) is 3.38. The van der Waals surface area contributed by atoms with Crippen molar-refractivity contribution in [3.63, 3.8) is 0 Å². The second-order valence-corrected chi connectivity index (χ2v) is 3.32. The maximum atomic E-state index is 11.3. The lowest BCUT2D eigenvalue weighted by Crippen LogP contribution is -2.41. The van der Waals surface area contributed by atoms with E-state index in [4.69, 9.17) is 5.73 Å². The van der Waals surface area contributed by atoms with Gasteiger partial charge in [-0.05, 0) is 6.92 Å². The average Bonchev–Trinajstić information content (AvgIpc) is 2.55. The molecular weight excluding hydrogens is 182 g/mol. The number of fused-ring (bicyclic) bond motifs is 1. The molecule has 0 spiro atoms. The van der Waals surface area contributed by atoms with Crippen molar-refractivity contribution in [3.05, 3.63) is 11.6 Å². The van der Waals surface area contributed by atoms with Crippen molar-refractivity contribution in [1.29, 1.82) is 0 Å². The van der Waals surface area contributed by atoms with Crippen molar-refractivity contribution in [2.24, 2.45) is 5.73 Å². The summed E-state index contributed by atoms with van der Waals surface area (Å²) in [6, 6.07) is 0. The summed E-state index contributed by atoms with van der Waals surface area (Å²) >= 11 is 0. The van der Waals surface area contributed by atoms with Crippen molar-refractivity contribution >= 4 is 5.91 Å². The third-order valence-corrected chi connectivity index (χ3v) is 2.30. The van der Waals surface area contributed by atoms with E-state index in [1.165, 1.54) is 0 Å². The molecule has 2 heterocycles. The number of hydrogen-bond donors (Lipinski definition) is 1. The van der Waals surface area contributed by atoms with Crippen LogP contribution in [0.2, 0.25) is 0 Å². The Balaban J connectivity index is 2.16. The maximum Gasteiger partial charge on any atom is 0.236 e. The molecule has 2 N–H and O–H groups in total. The summed E-state index contributed by atoms with van der Waals surface area (Å²) in [6.45, 7) is 3.82. The van der Waals surface area contributed by atoms with Gasteiger partial charge in [0.2, 0.25) is 5.91 Å². The first-order chi connectivity index (χ1) is 6.70. The van der Waals surface area contributed by atoms with E-state index in [1.807, 2.05) is 11.6 Å². The molecule has 76 valence electrons. The standard InChI is InChI=1S/C8H13N5O/c1-6-10-7-5-12(8(14)4-9)2-3-13(7)11-6/h2-5,9H2,1H3. The zero-order chi connectivity index (χ0) is 10.1. The largest absolute Gasteiger partial charge is 0.332 e. The van der Waals surface area contributed by atoms with Gasteiger partial charge in [-0.1, -0.05) is 0 Å². The number of carbonyl (C=O) groups is 1. The van der Waals surface area contributed by atoms with Crippen LogP contribution in [0.4, 0.5) is 0 Å². The van der Waals surface area contributed by atoms with Crippen LogP contribution in [0, 0.1) is 6.92 Å². The topological polar surface area (TPSA) is 77.0 Å². The summed E-state index contributed by atoms with van der Waals surface area (Å²) in [5.41, 5.74) is 5.29. The number of rotatable bonds is 1. The van der Waals surface area contributed by atoms with Gasteiger partial charge < -0.3 is 10.6 Å². The van der Waals surface area contributed by atoms with E-state index < -0.39 is 0 Å². The first kappa shape index (κ1) is 9.14. The smallest absolute Gasteiger partial charge is 0.236 e. The van der Waals surface area contributed by atoms with E-state index >= 15 is 0 Å². The third-order valence-electron chi connectivity index (χ3n) is 2.30. The van der Waals surface area contributed by atoms with Crippen molar-refractivity contribution < 1.29 is 4.79 Å². The van der Waals surface area contributed by atoms with Gasteiger partial charge in [-0.3, -0.25) is 4.79 Å². The van der Waals surface area contributed by atoms with Gasteiger partial charge in [0.1, 0.15) is 11.6 Å². The van der Waals surface area contributed by atoms with Crippen molar-refractivity contribution in [2.75, 3.05) is 13.1 Å². The van der Waals surface area contributed by atoms with Crippen LogP contribution in [0.1, 0.15) is 11.6 Å². The Bertz CT molecular complexity index is 359. The van der Waals surface area contributed by atoms with Crippen LogP contribution in [0.5, 0.6) is 0 Å². The lowest BCUT2D eigenvalue weighted by molar-refractivity contribution is -0.131. The fraction of sp³-hybridized carbons (Fsp3) is 0.625. The predicted octanol–water partition coefficient (Wildman–Crippen LogP) is -1.11. The number of aromatic nitrogens is 3. The molecule has 1 aliphatic rings. The molecule has 0 unspecified atom stereocenters. The highest BCUT2D eigenvalue weighted by Crippen LogP contribution is 2.09. The zero-order valence-corrected chi connectivity index (χ0v) is 8.10. The molecule has 0 radical (unpaired) electrons. The normalized spacial score (nSPS) is 15.4. The molecular formula is C8H13N5O. The summed E-state index contributed by atoms with van der Waals surface area (Å²) in [4.78, 5) is 17.3. The Morgan fingerprint density at radius 1 is 1.57 bits per heavy atom. The number of carbonyl (C=O) groups excluding carboxylic acids is 1. The number of nitrogens with zero attached hydrogens (tertiary/aromatic N) is 4. The molecule has 0 saturated carbocycles. The van der Waals surface area contributed by atoms with Crippen LogP contribution in [-0.4, -0.2) is 38.7 Å². The fourth-order valence-corrected chi connectivity index (χ4v) is 1.60. The molecule has 0 aliphatic carbocycles. The molecule has 1 aliphatic heterocycles. The van der Waals surface area contributed by atoms with E-state index in [0.29, 0.717) is 19.6 Å². The number of hydrogen-bond acceptors (Lipinski definition) is 4. The summed E-state index contributed by atoms with van der Waals surface area (Å²) in [5, 5.41) is 4.21. The van der Waals surface area contributed by atoms with Gasteiger partial charge in [-0.25, -0.2) is 9.67 Å². The first-order valence-electron chi connectivity index (χ1n) is 4.59. The van der Waals surface area contributed by atoms with E-state index in [1.54, 1.807) is 4.90 Å². The lowest BCUT2D eigenvalue weighted by atomic mass is 10.3. The summed E-state index contributed by atoms with van der Waals surface area (Å²) in [7, 11) is 0. The number of aryl methyl sites for hydroxylation is 1. The molecule has 0 bridgehead atoms. The molecule has 6 heteroatoms. The Labute approximate surface area is 81.7 Å². The minimum atomic E-state index is -0.0306. The zero-order valence-electron chi connectivity index (χ0n) is 8.10. The average molecular weight is 195 g/mol. The molecule has 6 nitrogen and oxygen atoms in total. The number of nitrogens with two attached hydrogens (primary N) is 1. The third kappa shape index (κ3) is 1.48. The van der Waals surface area contributed by atoms with Gasteiger partial charge in [-0.2, -0.15) is 5.10 Å². The maximum absolute atomic E-state index is 11.3. The van der Waals surface area contributed by atoms with E-state index in [2.05, 4.69) is 10.1 Å². The van der Waals surface area contributed by atoms with Gasteiger partial charge in [-0.15, -0.1) is 0 Å². The molecule has 0 fully saturated rings. The fourth-order valence-electron chi connectivity index (χ4n) is 1.60. The Kier molecular flexibility index (Phi) is 2.20. The first-order valence-corrected chi connectivity index (χ1v) is 4.59. The van der Waals surface area contributed by atoms with Crippen LogP contribution in [0.25, 0.3) is 0 Å². The van der Waals surface area contributed by atoms with E-state index in [-0.39, 0.29) is 12.5 Å². The van der Waals surface area contributed by atoms with Gasteiger partial charge in [0.05, 0.1) is 19.6 Å².